The first-order chi connectivity index (χ1) is 13.6. The maximum Gasteiger partial charge on any atom is 0.319 e. The zero-order chi connectivity index (χ0) is 19.8. The van der Waals surface area contributed by atoms with E-state index in [0.29, 0.717) is 12.2 Å². The molecule has 28 heavy (non-hydrogen) atoms. The van der Waals surface area contributed by atoms with Gasteiger partial charge in [0.15, 0.2) is 0 Å². The molecule has 2 N–H and O–H groups in total. The monoisotopic (exact) mass is 400 g/mol. The molecule has 0 bridgehead atoms. The number of anilines is 2. The van der Waals surface area contributed by atoms with Gasteiger partial charge in [-0.3, -0.25) is 0 Å². The summed E-state index contributed by atoms with van der Waals surface area (Å²) in [6, 6.07) is 13.9. The summed E-state index contributed by atoms with van der Waals surface area (Å²) in [5.41, 5.74) is 0.689. The van der Waals surface area contributed by atoms with Gasteiger partial charge in [0.1, 0.15) is 5.82 Å². The summed E-state index contributed by atoms with van der Waals surface area (Å²) in [7, 11) is 0. The summed E-state index contributed by atoms with van der Waals surface area (Å²) in [5.74, 6) is 1.88. The van der Waals surface area contributed by atoms with Crippen molar-refractivity contribution in [3.05, 3.63) is 48.7 Å². The van der Waals surface area contributed by atoms with Crippen LogP contribution < -0.4 is 15.5 Å². The van der Waals surface area contributed by atoms with Gasteiger partial charge in [0, 0.05) is 24.5 Å². The number of amides is 2. The fourth-order valence-electron chi connectivity index (χ4n) is 3.17. The van der Waals surface area contributed by atoms with Gasteiger partial charge < -0.3 is 20.3 Å². The minimum Gasteiger partial charge on any atom is -0.372 e. The van der Waals surface area contributed by atoms with Crippen molar-refractivity contribution < 1.29 is 9.53 Å². The number of morpholine rings is 1. The SMILES string of the molecule is C[C@@H]1CN(c2ccc(NC(=O)NCCCSc3ccccc3)cn2)C[C@@H](C)O1. The van der Waals surface area contributed by atoms with E-state index in [-0.39, 0.29) is 18.2 Å². The van der Waals surface area contributed by atoms with Crippen molar-refractivity contribution in [2.75, 3.05) is 35.6 Å². The fourth-order valence-corrected chi connectivity index (χ4v) is 4.04. The van der Waals surface area contributed by atoms with Crippen molar-refractivity contribution in [2.45, 2.75) is 37.4 Å². The minimum absolute atomic E-state index is 0.189. The summed E-state index contributed by atoms with van der Waals surface area (Å²) >= 11 is 1.80. The van der Waals surface area contributed by atoms with Crippen LogP contribution in [-0.4, -0.2) is 48.6 Å². The van der Waals surface area contributed by atoms with E-state index in [4.69, 9.17) is 4.74 Å². The normalized spacial score (nSPS) is 19.3. The Labute approximate surface area is 171 Å². The van der Waals surface area contributed by atoms with Gasteiger partial charge in [-0.05, 0) is 50.3 Å². The van der Waals surface area contributed by atoms with Gasteiger partial charge in [0.25, 0.3) is 0 Å². The molecule has 1 aliphatic rings. The summed E-state index contributed by atoms with van der Waals surface area (Å²) in [5, 5.41) is 5.72. The lowest BCUT2D eigenvalue weighted by molar-refractivity contribution is -0.00545. The maximum absolute atomic E-state index is 12.0. The lowest BCUT2D eigenvalue weighted by atomic mass is 10.2. The van der Waals surface area contributed by atoms with Gasteiger partial charge in [0.05, 0.1) is 24.1 Å². The van der Waals surface area contributed by atoms with E-state index in [1.54, 1.807) is 18.0 Å². The Kier molecular flexibility index (Phi) is 7.56. The summed E-state index contributed by atoms with van der Waals surface area (Å²) < 4.78 is 5.76. The molecule has 0 radical (unpaired) electrons. The van der Waals surface area contributed by atoms with Crippen molar-refractivity contribution >= 4 is 29.3 Å². The number of carbonyl (C=O) groups is 1. The Morgan fingerprint density at radius 1 is 1.18 bits per heavy atom. The highest BCUT2D eigenvalue weighted by atomic mass is 32.2. The van der Waals surface area contributed by atoms with E-state index in [1.165, 1.54) is 4.90 Å². The van der Waals surface area contributed by atoms with Crippen LogP contribution in [0.15, 0.2) is 53.6 Å². The number of hydrogen-bond acceptors (Lipinski definition) is 5. The van der Waals surface area contributed by atoms with Crippen LogP contribution >= 0.6 is 11.8 Å². The third kappa shape index (κ3) is 6.42. The van der Waals surface area contributed by atoms with Gasteiger partial charge in [-0.1, -0.05) is 18.2 Å². The Balaban J connectivity index is 1.37. The average molecular weight is 401 g/mol. The molecule has 7 heteroatoms. The molecule has 0 saturated carbocycles. The first-order valence-corrected chi connectivity index (χ1v) is 10.7. The van der Waals surface area contributed by atoms with Crippen LogP contribution in [0.1, 0.15) is 20.3 Å². The van der Waals surface area contributed by atoms with Crippen LogP contribution in [-0.2, 0) is 4.74 Å². The molecule has 3 rings (SSSR count). The molecule has 2 atom stereocenters. The fraction of sp³-hybridized carbons (Fsp3) is 0.429. The molecular formula is C21H28N4O2S. The number of nitrogens with one attached hydrogen (secondary N) is 2. The van der Waals surface area contributed by atoms with Crippen LogP contribution in [0.3, 0.4) is 0 Å². The van der Waals surface area contributed by atoms with Crippen molar-refractivity contribution in [2.24, 2.45) is 0 Å². The van der Waals surface area contributed by atoms with Gasteiger partial charge in [-0.15, -0.1) is 11.8 Å². The van der Waals surface area contributed by atoms with Crippen LogP contribution in [0, 0.1) is 0 Å². The molecule has 1 saturated heterocycles. The number of nitrogens with zero attached hydrogens (tertiary/aromatic N) is 2. The molecule has 150 valence electrons. The summed E-state index contributed by atoms with van der Waals surface area (Å²) in [4.78, 5) is 20.0. The van der Waals surface area contributed by atoms with Gasteiger partial charge in [-0.2, -0.15) is 0 Å². The predicted molar refractivity (Wildman–Crippen MR) is 115 cm³/mol. The minimum atomic E-state index is -0.201. The molecule has 2 amide bonds. The lowest BCUT2D eigenvalue weighted by Gasteiger charge is -2.36. The largest absolute Gasteiger partial charge is 0.372 e. The van der Waals surface area contributed by atoms with E-state index in [2.05, 4.69) is 46.5 Å². The molecule has 0 unspecified atom stereocenters. The lowest BCUT2D eigenvalue weighted by Crippen LogP contribution is -2.45. The Morgan fingerprint density at radius 2 is 1.93 bits per heavy atom. The second kappa shape index (κ2) is 10.3. The molecule has 0 spiro atoms. The van der Waals surface area contributed by atoms with Crippen LogP contribution in [0.25, 0.3) is 0 Å². The molecule has 1 aromatic carbocycles. The first kappa shape index (κ1) is 20.5. The quantitative estimate of drug-likeness (QED) is 0.543. The zero-order valence-electron chi connectivity index (χ0n) is 16.4. The third-order valence-corrected chi connectivity index (χ3v) is 5.47. The number of rotatable bonds is 7. The predicted octanol–water partition coefficient (Wildman–Crippen LogP) is 4.00. The summed E-state index contributed by atoms with van der Waals surface area (Å²) in [6.07, 6.45) is 2.99. The second-order valence-corrected chi connectivity index (χ2v) is 8.13. The zero-order valence-corrected chi connectivity index (χ0v) is 17.2. The number of benzene rings is 1. The third-order valence-electron chi connectivity index (χ3n) is 4.37. The molecule has 2 heterocycles. The van der Waals surface area contributed by atoms with Crippen molar-refractivity contribution in [3.63, 3.8) is 0 Å². The number of urea groups is 1. The van der Waals surface area contributed by atoms with E-state index >= 15 is 0 Å². The average Bonchev–Trinajstić information content (AvgIpc) is 2.68. The Hall–Kier alpha value is -2.25. The number of aromatic nitrogens is 1. The maximum atomic E-state index is 12.0. The smallest absolute Gasteiger partial charge is 0.319 e. The standard InChI is InChI=1S/C21H28N4O2S/c1-16-14-25(15-17(2)27-16)20-10-9-18(13-23-20)24-21(26)22-11-6-12-28-19-7-4-3-5-8-19/h3-5,7-10,13,16-17H,6,11-12,14-15H2,1-2H3,(H2,22,24,26)/t16-,17-/m1/s1. The van der Waals surface area contributed by atoms with Gasteiger partial charge in [-0.25, -0.2) is 9.78 Å². The topological polar surface area (TPSA) is 66.5 Å². The first-order valence-electron chi connectivity index (χ1n) is 9.69. The van der Waals surface area contributed by atoms with E-state index < -0.39 is 0 Å². The van der Waals surface area contributed by atoms with E-state index in [9.17, 15) is 4.79 Å². The highest BCUT2D eigenvalue weighted by molar-refractivity contribution is 7.99. The highest BCUT2D eigenvalue weighted by Gasteiger charge is 2.23. The van der Waals surface area contributed by atoms with Crippen molar-refractivity contribution in [1.82, 2.24) is 10.3 Å². The molecule has 1 aromatic heterocycles. The highest BCUT2D eigenvalue weighted by Crippen LogP contribution is 2.20. The van der Waals surface area contributed by atoms with Crippen LogP contribution in [0.5, 0.6) is 0 Å². The number of carbonyl (C=O) groups excluding carboxylic acids is 1. The molecule has 0 aliphatic carbocycles. The Morgan fingerprint density at radius 3 is 2.61 bits per heavy atom. The van der Waals surface area contributed by atoms with Crippen molar-refractivity contribution in [1.29, 1.82) is 0 Å². The second-order valence-electron chi connectivity index (χ2n) is 6.96. The van der Waals surface area contributed by atoms with Crippen LogP contribution in [0.2, 0.25) is 0 Å². The van der Waals surface area contributed by atoms with E-state index in [1.807, 2.05) is 30.3 Å². The number of hydrogen-bond donors (Lipinski definition) is 2. The molecule has 1 fully saturated rings. The van der Waals surface area contributed by atoms with E-state index in [0.717, 1.165) is 31.1 Å². The molecular weight excluding hydrogens is 372 g/mol. The number of thioether (sulfide) groups is 1. The van der Waals surface area contributed by atoms with Crippen molar-refractivity contribution in [3.8, 4) is 0 Å². The van der Waals surface area contributed by atoms with Crippen LogP contribution in [0.4, 0.5) is 16.3 Å². The number of ether oxygens (including phenoxy) is 1. The van der Waals surface area contributed by atoms with Gasteiger partial charge >= 0.3 is 6.03 Å². The molecule has 2 aromatic rings. The molecule has 6 nitrogen and oxygen atoms in total. The molecule has 1 aliphatic heterocycles. The van der Waals surface area contributed by atoms with Gasteiger partial charge in [0.2, 0.25) is 0 Å². The summed E-state index contributed by atoms with van der Waals surface area (Å²) in [6.45, 7) is 6.43. The Bertz CT molecular complexity index is 732. The number of pyridine rings is 1.